The lowest BCUT2D eigenvalue weighted by Crippen LogP contribution is -2.52. The Morgan fingerprint density at radius 1 is 0.831 bits per heavy atom. The van der Waals surface area contributed by atoms with E-state index >= 15 is 0 Å². The molecule has 1 fully saturated rings. The molecule has 338 valence electrons. The number of carbonyl (C=O) groups is 5. The Kier molecular flexibility index (Phi) is 16.6. The Morgan fingerprint density at radius 2 is 1.46 bits per heavy atom. The molecule has 19 heteroatoms. The van der Waals surface area contributed by atoms with Gasteiger partial charge in [-0.25, -0.2) is 9.97 Å². The summed E-state index contributed by atoms with van der Waals surface area (Å²) in [5, 5.41) is 14.1. The molecule has 7 N–H and O–H groups in total. The van der Waals surface area contributed by atoms with Crippen LogP contribution in [0.2, 0.25) is 20.1 Å². The molecule has 2 amide bonds. The Bertz CT molecular complexity index is 2690. The average Bonchev–Trinajstić information content (AvgIpc) is 3.27. The molecule has 1 aliphatic rings. The number of fused-ring (bicyclic) bond motifs is 1. The maximum atomic E-state index is 14.4. The predicted octanol–water partition coefficient (Wildman–Crippen LogP) is 6.94. The van der Waals surface area contributed by atoms with Gasteiger partial charge in [0.2, 0.25) is 17.8 Å². The number of carboxylic acids is 1. The van der Waals surface area contributed by atoms with Crippen molar-refractivity contribution in [2.75, 3.05) is 25.4 Å². The SMILES string of the molecule is NCCCC[C@@H](NC(=O)CC[C@@H](CC(=O)c1ccc(CCc2cnc3c(=O)[nH]c(N)nc3n2)cc1)C(=O)O)C(=O)N1C/C(=C\c2ccc(Cl)c(Cl)c2)C(=O)/C(=C/c2ccc(Cl)c(Cl)c2)C1. The zero-order chi connectivity index (χ0) is 46.8. The third-order valence-corrected chi connectivity index (χ3v) is 12.2. The lowest BCUT2D eigenvalue weighted by Gasteiger charge is -2.33. The molecule has 15 nitrogen and oxygen atoms in total. The van der Waals surface area contributed by atoms with Crippen LogP contribution in [-0.2, 0) is 32.0 Å². The van der Waals surface area contributed by atoms with E-state index in [0.29, 0.717) is 64.7 Å². The maximum absolute atomic E-state index is 14.4. The van der Waals surface area contributed by atoms with Crippen LogP contribution in [0.25, 0.3) is 23.3 Å². The van der Waals surface area contributed by atoms with Crippen molar-refractivity contribution in [1.82, 2.24) is 30.2 Å². The van der Waals surface area contributed by atoms with Crippen LogP contribution in [0.3, 0.4) is 0 Å². The van der Waals surface area contributed by atoms with Gasteiger partial charge >= 0.3 is 5.97 Å². The van der Waals surface area contributed by atoms with Crippen LogP contribution in [-0.4, -0.2) is 85.0 Å². The number of aliphatic carboxylic acids is 1. The molecule has 0 unspecified atom stereocenters. The van der Waals surface area contributed by atoms with E-state index in [2.05, 4.69) is 25.3 Å². The minimum Gasteiger partial charge on any atom is -0.481 e. The van der Waals surface area contributed by atoms with Gasteiger partial charge in [0, 0.05) is 48.8 Å². The molecule has 3 aromatic carbocycles. The van der Waals surface area contributed by atoms with E-state index in [1.54, 1.807) is 72.8 Å². The summed E-state index contributed by atoms with van der Waals surface area (Å²) in [6.45, 7) is 0.191. The van der Waals surface area contributed by atoms with Crippen LogP contribution in [0.1, 0.15) is 71.3 Å². The first-order valence-corrected chi connectivity index (χ1v) is 22.1. The zero-order valence-corrected chi connectivity index (χ0v) is 37.8. The second-order valence-electron chi connectivity index (χ2n) is 15.5. The number of amides is 2. The van der Waals surface area contributed by atoms with Gasteiger partial charge in [-0.15, -0.1) is 0 Å². The van der Waals surface area contributed by atoms with Crippen LogP contribution >= 0.6 is 46.4 Å². The van der Waals surface area contributed by atoms with Gasteiger partial charge in [-0.05, 0) is 98.2 Å². The summed E-state index contributed by atoms with van der Waals surface area (Å²) in [4.78, 5) is 95.8. The number of hydrogen-bond donors (Lipinski definition) is 5. The van der Waals surface area contributed by atoms with Crippen molar-refractivity contribution < 1.29 is 29.1 Å². The van der Waals surface area contributed by atoms with Gasteiger partial charge < -0.3 is 26.8 Å². The highest BCUT2D eigenvalue weighted by atomic mass is 35.5. The molecule has 1 saturated heterocycles. The number of nitrogens with zero attached hydrogens (tertiary/aromatic N) is 4. The number of H-pyrrole nitrogens is 1. The van der Waals surface area contributed by atoms with Crippen LogP contribution in [0, 0.1) is 5.92 Å². The van der Waals surface area contributed by atoms with Crippen molar-refractivity contribution in [2.45, 2.75) is 57.4 Å². The fraction of sp³-hybridized carbons (Fsp3) is 0.283. The summed E-state index contributed by atoms with van der Waals surface area (Å²) in [5.41, 5.74) is 14.6. The quantitative estimate of drug-likeness (QED) is 0.0341. The molecule has 2 atom stereocenters. The number of carboxylic acid groups (broad SMARTS) is 1. The summed E-state index contributed by atoms with van der Waals surface area (Å²) < 4.78 is 0. The van der Waals surface area contributed by atoms with Crippen LogP contribution in [0.5, 0.6) is 0 Å². The predicted molar refractivity (Wildman–Crippen MR) is 251 cm³/mol. The molecule has 0 saturated carbocycles. The third kappa shape index (κ3) is 13.1. The van der Waals surface area contributed by atoms with E-state index in [1.807, 2.05) is 0 Å². The van der Waals surface area contributed by atoms with Crippen LogP contribution < -0.4 is 22.3 Å². The lowest BCUT2D eigenvalue weighted by molar-refractivity contribution is -0.142. The molecule has 0 radical (unpaired) electrons. The summed E-state index contributed by atoms with van der Waals surface area (Å²) in [5.74, 6) is -4.25. The molecular weight excluding hydrogens is 918 g/mol. The number of ketones is 2. The number of halogens is 4. The van der Waals surface area contributed by atoms with Gasteiger partial charge in [0.25, 0.3) is 5.56 Å². The standard InChI is InChI=1S/C46H44Cl4N8O7/c47-33-13-7-26(19-35(33)49)17-30-23-58(24-31(41(30)61)18-27-8-14-34(48)36(50)20-27)44(63)37(3-1-2-16-51)55-39(60)15-11-29(45(64)65)21-38(59)28-9-4-25(5-10-28)6-12-32-22-53-40-42(54-32)56-46(52)57-43(40)62/h4-5,7-10,13-14,17-20,22,29,37H,1-3,6,11-12,15-16,21,23-24,51H2,(H,55,60)(H,64,65)(H3,52,54,56,57,62)/b30-17+,31-18+/t29-,37+/m0/s1. The van der Waals surface area contributed by atoms with Crippen LogP contribution in [0.4, 0.5) is 5.95 Å². The zero-order valence-electron chi connectivity index (χ0n) is 34.8. The Hall–Kier alpha value is -5.97. The molecular formula is C46H44Cl4N8O7. The largest absolute Gasteiger partial charge is 0.481 e. The fourth-order valence-corrected chi connectivity index (χ4v) is 7.83. The minimum absolute atomic E-state index is 0.0672. The molecule has 3 heterocycles. The Balaban J connectivity index is 1.11. The first kappa shape index (κ1) is 48.5. The lowest BCUT2D eigenvalue weighted by atomic mass is 9.93. The molecule has 1 aliphatic heterocycles. The molecule has 2 aromatic heterocycles. The fourth-order valence-electron chi connectivity index (χ4n) is 7.22. The van der Waals surface area contributed by atoms with Crippen molar-refractivity contribution in [3.63, 3.8) is 0 Å². The second-order valence-corrected chi connectivity index (χ2v) is 17.1. The number of nitrogens with one attached hydrogen (secondary N) is 2. The number of aromatic nitrogens is 4. The highest BCUT2D eigenvalue weighted by Gasteiger charge is 2.34. The number of unbranched alkanes of at least 4 members (excludes halogenated alkanes) is 1. The van der Waals surface area contributed by atoms with Crippen molar-refractivity contribution in [1.29, 1.82) is 0 Å². The summed E-state index contributed by atoms with van der Waals surface area (Å²) in [7, 11) is 0. The van der Waals surface area contributed by atoms with Gasteiger partial charge in [-0.2, -0.15) is 4.98 Å². The number of benzene rings is 3. The number of likely N-dealkylation sites (tertiary alicyclic amines) is 1. The Labute approximate surface area is 393 Å². The van der Waals surface area contributed by atoms with E-state index in [9.17, 15) is 33.9 Å². The number of rotatable bonds is 18. The number of Topliss-reactive ketones (excluding diaryl/α,β-unsaturated/α-hetero) is 2. The molecule has 65 heavy (non-hydrogen) atoms. The number of hydrogen-bond acceptors (Lipinski definition) is 11. The second kappa shape index (κ2) is 22.3. The van der Waals surface area contributed by atoms with Crippen molar-refractivity contribution in [3.05, 3.63) is 136 Å². The summed E-state index contributed by atoms with van der Waals surface area (Å²) in [6, 6.07) is 15.5. The topological polar surface area (TPSA) is 244 Å². The smallest absolute Gasteiger partial charge is 0.306 e. The molecule has 0 bridgehead atoms. The third-order valence-electron chi connectivity index (χ3n) is 10.7. The van der Waals surface area contributed by atoms with E-state index in [0.717, 1.165) is 5.56 Å². The van der Waals surface area contributed by atoms with E-state index in [-0.39, 0.29) is 82.9 Å². The number of nitrogen functional groups attached to an aromatic ring is 1. The number of carbonyl (C=O) groups excluding carboxylic acids is 4. The van der Waals surface area contributed by atoms with E-state index < -0.39 is 41.1 Å². The molecule has 5 aromatic rings. The van der Waals surface area contributed by atoms with Gasteiger partial charge in [0.1, 0.15) is 6.04 Å². The first-order chi connectivity index (χ1) is 31.1. The summed E-state index contributed by atoms with van der Waals surface area (Å²) in [6.07, 6.45) is 6.22. The number of anilines is 1. The van der Waals surface area contributed by atoms with Crippen LogP contribution in [0.15, 0.2) is 82.8 Å². The average molecular weight is 963 g/mol. The van der Waals surface area contributed by atoms with E-state index in [1.165, 1.54) is 11.1 Å². The minimum atomic E-state index is -1.24. The van der Waals surface area contributed by atoms with Gasteiger partial charge in [0.05, 0.1) is 31.7 Å². The maximum Gasteiger partial charge on any atom is 0.306 e. The number of nitrogens with two attached hydrogens (primary N) is 2. The molecule has 6 rings (SSSR count). The number of piperidine rings is 1. The summed E-state index contributed by atoms with van der Waals surface area (Å²) >= 11 is 24.8. The highest BCUT2D eigenvalue weighted by Crippen LogP contribution is 2.29. The van der Waals surface area contributed by atoms with Crippen molar-refractivity contribution in [2.24, 2.45) is 11.7 Å². The van der Waals surface area contributed by atoms with Crippen molar-refractivity contribution in [3.8, 4) is 0 Å². The number of aryl methyl sites for hydroxylation is 2. The van der Waals surface area contributed by atoms with Gasteiger partial charge in [-0.3, -0.25) is 33.8 Å². The number of aromatic amines is 1. The van der Waals surface area contributed by atoms with E-state index in [4.69, 9.17) is 57.9 Å². The van der Waals surface area contributed by atoms with Gasteiger partial charge in [-0.1, -0.05) is 82.8 Å². The highest BCUT2D eigenvalue weighted by molar-refractivity contribution is 6.42. The monoisotopic (exact) mass is 960 g/mol. The van der Waals surface area contributed by atoms with Crippen molar-refractivity contribution >= 4 is 105 Å². The molecule has 0 aliphatic carbocycles. The van der Waals surface area contributed by atoms with Gasteiger partial charge in [0.15, 0.2) is 22.7 Å². The Morgan fingerprint density at radius 3 is 2.05 bits per heavy atom. The normalized spacial score (nSPS) is 15.0. The first-order valence-electron chi connectivity index (χ1n) is 20.6. The molecule has 0 spiro atoms.